The van der Waals surface area contributed by atoms with Crippen LogP contribution in [0.4, 0.5) is 0 Å². The molecule has 7 nitrogen and oxygen atoms in total. The number of carbonyl (C=O) groups is 2. The van der Waals surface area contributed by atoms with Gasteiger partial charge in [-0.25, -0.2) is 14.8 Å². The van der Waals surface area contributed by atoms with Gasteiger partial charge in [0.05, 0.1) is 18.4 Å². The van der Waals surface area contributed by atoms with Gasteiger partial charge in [-0.2, -0.15) is 0 Å². The zero-order valence-electron chi connectivity index (χ0n) is 17.8. The molecule has 3 heterocycles. The molecule has 0 radical (unpaired) electrons. The molecule has 4 rings (SSSR count). The van der Waals surface area contributed by atoms with Gasteiger partial charge in [-0.3, -0.25) is 4.79 Å². The molecule has 0 saturated carbocycles. The van der Waals surface area contributed by atoms with E-state index in [1.54, 1.807) is 48.9 Å². The minimum Gasteiger partial charge on any atom is -0.467 e. The number of thiophene rings is 1. The van der Waals surface area contributed by atoms with Gasteiger partial charge in [-0.05, 0) is 43.7 Å². The summed E-state index contributed by atoms with van der Waals surface area (Å²) in [6.45, 7) is 4.06. The summed E-state index contributed by atoms with van der Waals surface area (Å²) in [5, 5.41) is 1.78. The molecule has 4 aromatic rings. The molecule has 0 unspecified atom stereocenters. The van der Waals surface area contributed by atoms with Gasteiger partial charge in [0.2, 0.25) is 0 Å². The Bertz CT molecular complexity index is 1270. The van der Waals surface area contributed by atoms with E-state index < -0.39 is 5.97 Å². The molecular formula is C23H21N3O4S2. The highest BCUT2D eigenvalue weighted by Crippen LogP contribution is 2.38. The summed E-state index contributed by atoms with van der Waals surface area (Å²) in [4.78, 5) is 38.2. The number of nitrogens with zero attached hydrogens (tertiary/aromatic N) is 3. The summed E-state index contributed by atoms with van der Waals surface area (Å²) in [5.41, 5.74) is 1.52. The number of ether oxygens (including phenoxy) is 1. The van der Waals surface area contributed by atoms with E-state index in [2.05, 4.69) is 16.9 Å². The molecule has 3 aromatic heterocycles. The zero-order valence-corrected chi connectivity index (χ0v) is 19.5. The van der Waals surface area contributed by atoms with Gasteiger partial charge < -0.3 is 14.1 Å². The van der Waals surface area contributed by atoms with Crippen molar-refractivity contribution in [3.8, 4) is 0 Å². The van der Waals surface area contributed by atoms with Crippen molar-refractivity contribution in [2.24, 2.45) is 0 Å². The Balaban J connectivity index is 1.48. The third-order valence-corrected chi connectivity index (χ3v) is 7.16. The average Bonchev–Trinajstić information content (AvgIpc) is 3.40. The number of rotatable bonds is 7. The standard InChI is InChI=1S/C23H21N3O4S2/c1-14-15(2)31-21-20(14)22(25-13-24-21)32-18-9-5-4-8-17(18)23(28)30-12-19(27)26(3)11-16-7-6-10-29-16/h4-10,13H,11-12H2,1-3H3. The second-order valence-electron chi connectivity index (χ2n) is 7.15. The van der Waals surface area contributed by atoms with Crippen LogP contribution in [0.25, 0.3) is 10.2 Å². The minimum absolute atomic E-state index is 0.305. The van der Waals surface area contributed by atoms with E-state index in [1.165, 1.54) is 27.9 Å². The number of benzene rings is 1. The predicted molar refractivity (Wildman–Crippen MR) is 123 cm³/mol. The lowest BCUT2D eigenvalue weighted by atomic mass is 10.2. The van der Waals surface area contributed by atoms with Crippen LogP contribution in [0.5, 0.6) is 0 Å². The number of furan rings is 1. The SMILES string of the molecule is Cc1sc2ncnc(Sc3ccccc3C(=O)OCC(=O)N(C)Cc3ccco3)c2c1C. The van der Waals surface area contributed by atoms with Crippen molar-refractivity contribution in [1.29, 1.82) is 0 Å². The zero-order chi connectivity index (χ0) is 22.7. The van der Waals surface area contributed by atoms with Crippen LogP contribution in [0.15, 0.2) is 63.3 Å². The Morgan fingerprint density at radius 2 is 1.97 bits per heavy atom. The lowest BCUT2D eigenvalue weighted by Gasteiger charge is -2.16. The number of carbonyl (C=O) groups excluding carboxylic acids is 2. The number of likely N-dealkylation sites (N-methyl/N-ethyl adjacent to an activating group) is 1. The third kappa shape index (κ3) is 4.68. The van der Waals surface area contributed by atoms with E-state index in [0.29, 0.717) is 22.8 Å². The molecule has 0 saturated heterocycles. The second-order valence-corrected chi connectivity index (χ2v) is 9.38. The van der Waals surface area contributed by atoms with E-state index in [0.717, 1.165) is 20.8 Å². The fourth-order valence-corrected chi connectivity index (χ4v) is 5.22. The van der Waals surface area contributed by atoms with Crippen molar-refractivity contribution in [2.75, 3.05) is 13.7 Å². The highest BCUT2D eigenvalue weighted by Gasteiger charge is 2.19. The van der Waals surface area contributed by atoms with Crippen LogP contribution in [0.3, 0.4) is 0 Å². The number of hydrogen-bond donors (Lipinski definition) is 0. The monoisotopic (exact) mass is 467 g/mol. The number of hydrogen-bond acceptors (Lipinski definition) is 8. The molecule has 0 N–H and O–H groups in total. The second kappa shape index (κ2) is 9.54. The fourth-order valence-electron chi connectivity index (χ4n) is 3.10. The molecule has 1 amide bonds. The summed E-state index contributed by atoms with van der Waals surface area (Å²) in [6, 6.07) is 10.7. The predicted octanol–water partition coefficient (Wildman–Crippen LogP) is 4.87. The molecular weight excluding hydrogens is 446 g/mol. The minimum atomic E-state index is -0.559. The van der Waals surface area contributed by atoms with Crippen molar-refractivity contribution in [3.63, 3.8) is 0 Å². The summed E-state index contributed by atoms with van der Waals surface area (Å²) < 4.78 is 10.6. The maximum Gasteiger partial charge on any atom is 0.339 e. The maximum atomic E-state index is 12.8. The van der Waals surface area contributed by atoms with Gasteiger partial charge in [-0.1, -0.05) is 23.9 Å². The average molecular weight is 468 g/mol. The van der Waals surface area contributed by atoms with Gasteiger partial charge in [0.1, 0.15) is 21.9 Å². The number of aromatic nitrogens is 2. The van der Waals surface area contributed by atoms with Crippen LogP contribution >= 0.6 is 23.1 Å². The first-order chi connectivity index (χ1) is 15.4. The first-order valence-corrected chi connectivity index (χ1v) is 11.5. The van der Waals surface area contributed by atoms with Crippen LogP contribution in [-0.2, 0) is 16.1 Å². The Labute approximate surface area is 193 Å². The van der Waals surface area contributed by atoms with Gasteiger partial charge >= 0.3 is 5.97 Å². The van der Waals surface area contributed by atoms with Crippen LogP contribution in [0, 0.1) is 13.8 Å². The molecule has 0 bridgehead atoms. The molecule has 164 valence electrons. The number of fused-ring (bicyclic) bond motifs is 1. The lowest BCUT2D eigenvalue weighted by molar-refractivity contribution is -0.134. The maximum absolute atomic E-state index is 12.8. The first kappa shape index (κ1) is 22.0. The van der Waals surface area contributed by atoms with Gasteiger partial charge in [-0.15, -0.1) is 11.3 Å². The van der Waals surface area contributed by atoms with E-state index in [9.17, 15) is 9.59 Å². The molecule has 0 aliphatic heterocycles. The Morgan fingerprint density at radius 3 is 2.75 bits per heavy atom. The quantitative estimate of drug-likeness (QED) is 0.283. The lowest BCUT2D eigenvalue weighted by Crippen LogP contribution is -2.30. The van der Waals surface area contributed by atoms with Gasteiger partial charge in [0, 0.05) is 22.2 Å². The van der Waals surface area contributed by atoms with E-state index in [4.69, 9.17) is 9.15 Å². The first-order valence-electron chi connectivity index (χ1n) is 9.85. The summed E-state index contributed by atoms with van der Waals surface area (Å²) >= 11 is 3.01. The Kier molecular flexibility index (Phi) is 6.57. The smallest absolute Gasteiger partial charge is 0.339 e. The third-order valence-electron chi connectivity index (χ3n) is 4.97. The summed E-state index contributed by atoms with van der Waals surface area (Å²) in [7, 11) is 1.63. The van der Waals surface area contributed by atoms with E-state index >= 15 is 0 Å². The van der Waals surface area contributed by atoms with Gasteiger partial charge in [0.25, 0.3) is 5.91 Å². The van der Waals surface area contributed by atoms with Crippen LogP contribution in [0.1, 0.15) is 26.6 Å². The normalized spacial score (nSPS) is 11.0. The largest absolute Gasteiger partial charge is 0.467 e. The van der Waals surface area contributed by atoms with Gasteiger partial charge in [0.15, 0.2) is 6.61 Å². The topological polar surface area (TPSA) is 85.5 Å². The molecule has 0 aliphatic rings. The number of esters is 1. The molecule has 1 aromatic carbocycles. The van der Waals surface area contributed by atoms with Crippen molar-refractivity contribution in [3.05, 3.63) is 70.8 Å². The molecule has 0 aliphatic carbocycles. The van der Waals surface area contributed by atoms with Crippen LogP contribution in [-0.4, -0.2) is 40.4 Å². The van der Waals surface area contributed by atoms with Crippen LogP contribution in [0.2, 0.25) is 0 Å². The van der Waals surface area contributed by atoms with Crippen molar-refractivity contribution >= 4 is 45.2 Å². The van der Waals surface area contributed by atoms with Crippen molar-refractivity contribution < 1.29 is 18.7 Å². The Morgan fingerprint density at radius 1 is 1.16 bits per heavy atom. The molecule has 0 atom stereocenters. The van der Waals surface area contributed by atoms with E-state index in [-0.39, 0.29) is 12.5 Å². The van der Waals surface area contributed by atoms with Crippen LogP contribution < -0.4 is 0 Å². The Hall–Kier alpha value is -3.17. The molecule has 0 spiro atoms. The molecule has 9 heteroatoms. The number of amides is 1. The molecule has 32 heavy (non-hydrogen) atoms. The summed E-state index contributed by atoms with van der Waals surface area (Å²) in [6.07, 6.45) is 3.08. The van der Waals surface area contributed by atoms with Crippen molar-refractivity contribution in [1.82, 2.24) is 14.9 Å². The highest BCUT2D eigenvalue weighted by atomic mass is 32.2. The molecule has 0 fully saturated rings. The highest BCUT2D eigenvalue weighted by molar-refractivity contribution is 7.99. The van der Waals surface area contributed by atoms with Crippen molar-refractivity contribution in [2.45, 2.75) is 30.3 Å². The summed E-state index contributed by atoms with van der Waals surface area (Å²) in [5.74, 6) is -0.220. The number of aryl methyl sites for hydroxylation is 2. The van der Waals surface area contributed by atoms with E-state index in [1.807, 2.05) is 19.1 Å². The fraction of sp³-hybridized carbons (Fsp3) is 0.217.